The third-order valence-corrected chi connectivity index (χ3v) is 2.96. The number of para-hydroxylation sites is 1. The minimum atomic E-state index is -0.341. The molecule has 4 N–H and O–H groups in total. The quantitative estimate of drug-likeness (QED) is 0.766. The molecule has 0 radical (unpaired) electrons. The number of amides is 2. The summed E-state index contributed by atoms with van der Waals surface area (Å²) in [5.74, 6) is -0.280. The van der Waals surface area contributed by atoms with Crippen molar-refractivity contribution in [1.82, 2.24) is 15.6 Å². The van der Waals surface area contributed by atoms with Crippen LogP contribution in [0.1, 0.15) is 23.7 Å². The second kappa shape index (κ2) is 6.69. The van der Waals surface area contributed by atoms with E-state index in [4.69, 9.17) is 5.73 Å². The van der Waals surface area contributed by atoms with Gasteiger partial charge in [-0.15, -0.1) is 0 Å². The number of nitrogens with zero attached hydrogens (tertiary/aromatic N) is 1. The monoisotopic (exact) mass is 286 g/mol. The highest BCUT2D eigenvalue weighted by Crippen LogP contribution is 2.19. The van der Waals surface area contributed by atoms with Gasteiger partial charge in [0.1, 0.15) is 5.82 Å². The maximum absolute atomic E-state index is 12.2. The summed E-state index contributed by atoms with van der Waals surface area (Å²) in [4.78, 5) is 27.9. The third kappa shape index (κ3) is 3.68. The van der Waals surface area contributed by atoms with Crippen molar-refractivity contribution in [2.45, 2.75) is 13.3 Å². The summed E-state index contributed by atoms with van der Waals surface area (Å²) in [5, 5.41) is 6.00. The van der Waals surface area contributed by atoms with Crippen LogP contribution in [0.3, 0.4) is 0 Å². The summed E-state index contributed by atoms with van der Waals surface area (Å²) >= 11 is 0. The van der Waals surface area contributed by atoms with Gasteiger partial charge in [-0.05, 0) is 18.6 Å². The number of benzene rings is 1. The number of fused-ring (bicyclic) bond motifs is 1. The lowest BCUT2D eigenvalue weighted by atomic mass is 10.1. The zero-order valence-corrected chi connectivity index (χ0v) is 11.8. The number of carbonyl (C=O) groups is 2. The molecule has 0 aliphatic heterocycles. The molecule has 2 aromatic rings. The van der Waals surface area contributed by atoms with E-state index in [0.717, 1.165) is 6.42 Å². The van der Waals surface area contributed by atoms with Gasteiger partial charge in [-0.2, -0.15) is 0 Å². The van der Waals surface area contributed by atoms with E-state index >= 15 is 0 Å². The normalized spacial score (nSPS) is 10.3. The average Bonchev–Trinajstić information content (AvgIpc) is 2.49. The number of hydrogen-bond donors (Lipinski definition) is 3. The number of nitrogen functional groups attached to an aromatic ring is 1. The highest BCUT2D eigenvalue weighted by molar-refractivity contribution is 6.07. The fraction of sp³-hybridized carbons (Fsp3) is 0.267. The van der Waals surface area contributed by atoms with Crippen LogP contribution >= 0.6 is 0 Å². The molecule has 1 aromatic carbocycles. The van der Waals surface area contributed by atoms with Gasteiger partial charge in [0.25, 0.3) is 5.91 Å². The molecule has 0 saturated carbocycles. The molecule has 0 spiro atoms. The lowest BCUT2D eigenvalue weighted by Gasteiger charge is -2.09. The zero-order valence-electron chi connectivity index (χ0n) is 11.8. The lowest BCUT2D eigenvalue weighted by Crippen LogP contribution is -2.37. The summed E-state index contributed by atoms with van der Waals surface area (Å²) in [7, 11) is 0. The molecule has 2 amide bonds. The summed E-state index contributed by atoms with van der Waals surface area (Å²) in [6, 6.07) is 8.76. The number of pyridine rings is 1. The Hall–Kier alpha value is -2.63. The van der Waals surface area contributed by atoms with E-state index < -0.39 is 0 Å². The molecular weight excluding hydrogens is 268 g/mol. The van der Waals surface area contributed by atoms with Crippen LogP contribution in [0.15, 0.2) is 30.3 Å². The van der Waals surface area contributed by atoms with Gasteiger partial charge in [-0.1, -0.05) is 25.1 Å². The van der Waals surface area contributed by atoms with E-state index in [9.17, 15) is 9.59 Å². The van der Waals surface area contributed by atoms with E-state index in [1.165, 1.54) is 6.07 Å². The van der Waals surface area contributed by atoms with Gasteiger partial charge in [0.05, 0.1) is 17.6 Å². The van der Waals surface area contributed by atoms with Gasteiger partial charge in [-0.3, -0.25) is 9.59 Å². The van der Waals surface area contributed by atoms with Crippen molar-refractivity contribution in [3.63, 3.8) is 0 Å². The van der Waals surface area contributed by atoms with Crippen LogP contribution in [0.5, 0.6) is 0 Å². The van der Waals surface area contributed by atoms with Gasteiger partial charge in [0, 0.05) is 11.9 Å². The van der Waals surface area contributed by atoms with Gasteiger partial charge >= 0.3 is 0 Å². The molecule has 1 aromatic heterocycles. The molecule has 0 bridgehead atoms. The van der Waals surface area contributed by atoms with Gasteiger partial charge in [0.2, 0.25) is 5.91 Å². The summed E-state index contributed by atoms with van der Waals surface area (Å²) in [5.41, 5.74) is 6.78. The Balaban J connectivity index is 2.14. The maximum Gasteiger partial charge on any atom is 0.252 e. The van der Waals surface area contributed by atoms with Gasteiger partial charge < -0.3 is 16.4 Å². The SMILES string of the molecule is CCCNC(=O)CNC(=O)c1cc(N)nc2ccccc12. The number of hydrogen-bond acceptors (Lipinski definition) is 4. The van der Waals surface area contributed by atoms with E-state index in [2.05, 4.69) is 15.6 Å². The van der Waals surface area contributed by atoms with Crippen LogP contribution in [0, 0.1) is 0 Å². The molecule has 0 aliphatic rings. The molecule has 0 aliphatic carbocycles. The average molecular weight is 286 g/mol. The second-order valence-corrected chi connectivity index (χ2v) is 4.64. The number of carbonyl (C=O) groups excluding carboxylic acids is 2. The van der Waals surface area contributed by atoms with Crippen LogP contribution in [-0.4, -0.2) is 29.9 Å². The summed E-state index contributed by atoms with van der Waals surface area (Å²) in [6.07, 6.45) is 0.852. The second-order valence-electron chi connectivity index (χ2n) is 4.64. The largest absolute Gasteiger partial charge is 0.384 e. The molecule has 2 rings (SSSR count). The zero-order chi connectivity index (χ0) is 15.2. The van der Waals surface area contributed by atoms with E-state index in [1.54, 1.807) is 12.1 Å². The van der Waals surface area contributed by atoms with Crippen molar-refractivity contribution < 1.29 is 9.59 Å². The van der Waals surface area contributed by atoms with Crippen molar-refractivity contribution in [1.29, 1.82) is 0 Å². The predicted octanol–water partition coefficient (Wildman–Crippen LogP) is 1.07. The fourth-order valence-electron chi connectivity index (χ4n) is 1.97. The van der Waals surface area contributed by atoms with Crippen molar-refractivity contribution in [2.24, 2.45) is 0 Å². The topological polar surface area (TPSA) is 97.1 Å². The molecule has 110 valence electrons. The molecule has 1 heterocycles. The number of rotatable bonds is 5. The third-order valence-electron chi connectivity index (χ3n) is 2.96. The first-order valence-corrected chi connectivity index (χ1v) is 6.82. The van der Waals surface area contributed by atoms with Crippen LogP contribution in [0.2, 0.25) is 0 Å². The standard InChI is InChI=1S/C15H18N4O2/c1-2-7-17-14(20)9-18-15(21)11-8-13(16)19-12-6-4-3-5-10(11)12/h3-6,8H,2,7,9H2,1H3,(H2,16,19)(H,17,20)(H,18,21). The first-order valence-electron chi connectivity index (χ1n) is 6.82. The fourth-order valence-corrected chi connectivity index (χ4v) is 1.97. The summed E-state index contributed by atoms with van der Waals surface area (Å²) < 4.78 is 0. The molecule has 0 fully saturated rings. The van der Waals surface area contributed by atoms with Gasteiger partial charge in [0.15, 0.2) is 0 Å². The Labute approximate surface area is 122 Å². The molecule has 0 atom stereocenters. The van der Waals surface area contributed by atoms with Crippen molar-refractivity contribution in [3.8, 4) is 0 Å². The van der Waals surface area contributed by atoms with E-state index in [-0.39, 0.29) is 24.2 Å². The van der Waals surface area contributed by atoms with Crippen molar-refractivity contribution in [2.75, 3.05) is 18.8 Å². The van der Waals surface area contributed by atoms with Crippen LogP contribution in [0.25, 0.3) is 10.9 Å². The molecule has 21 heavy (non-hydrogen) atoms. The minimum Gasteiger partial charge on any atom is -0.384 e. The number of nitrogens with one attached hydrogen (secondary N) is 2. The lowest BCUT2D eigenvalue weighted by molar-refractivity contribution is -0.120. The molecule has 0 unspecified atom stereocenters. The summed E-state index contributed by atoms with van der Waals surface area (Å²) in [6.45, 7) is 2.50. The first kappa shape index (κ1) is 14.8. The van der Waals surface area contributed by atoms with Crippen molar-refractivity contribution >= 4 is 28.5 Å². The van der Waals surface area contributed by atoms with Crippen LogP contribution in [-0.2, 0) is 4.79 Å². The smallest absolute Gasteiger partial charge is 0.252 e. The molecule has 6 nitrogen and oxygen atoms in total. The maximum atomic E-state index is 12.2. The van der Waals surface area contributed by atoms with E-state index in [1.807, 2.05) is 19.1 Å². The Morgan fingerprint density at radius 1 is 1.24 bits per heavy atom. The molecule has 0 saturated heterocycles. The van der Waals surface area contributed by atoms with Crippen LogP contribution in [0.4, 0.5) is 5.82 Å². The Bertz CT molecular complexity index is 670. The highest BCUT2D eigenvalue weighted by Gasteiger charge is 2.12. The van der Waals surface area contributed by atoms with Gasteiger partial charge in [-0.25, -0.2) is 4.98 Å². The Kier molecular flexibility index (Phi) is 4.71. The molecular formula is C15H18N4O2. The van der Waals surface area contributed by atoms with Crippen molar-refractivity contribution in [3.05, 3.63) is 35.9 Å². The predicted molar refractivity (Wildman–Crippen MR) is 81.8 cm³/mol. The number of aromatic nitrogens is 1. The number of nitrogens with two attached hydrogens (primary N) is 1. The number of anilines is 1. The van der Waals surface area contributed by atoms with Crippen LogP contribution < -0.4 is 16.4 Å². The first-order chi connectivity index (χ1) is 10.1. The van der Waals surface area contributed by atoms with E-state index in [0.29, 0.717) is 23.0 Å². The minimum absolute atomic E-state index is 0.0601. The highest BCUT2D eigenvalue weighted by atomic mass is 16.2. The Morgan fingerprint density at radius 2 is 2.00 bits per heavy atom. The molecule has 6 heteroatoms. The Morgan fingerprint density at radius 3 is 2.76 bits per heavy atom.